The van der Waals surface area contributed by atoms with E-state index in [-0.39, 0.29) is 32.3 Å². The molecule has 0 bridgehead atoms. The van der Waals surface area contributed by atoms with E-state index in [1.54, 1.807) is 0 Å². The first-order valence-electron chi connectivity index (χ1n) is 21.3. The number of hydrogen-bond acceptors (Lipinski definition) is 7. The van der Waals surface area contributed by atoms with Gasteiger partial charge in [0.05, 0.1) is 19.8 Å². The second-order valence-corrected chi connectivity index (χ2v) is 15.3. The molecular formula is C44H80NO7P. The van der Waals surface area contributed by atoms with Gasteiger partial charge in [-0.2, -0.15) is 0 Å². The quantitative estimate of drug-likeness (QED) is 0.0274. The maximum atomic E-state index is 12.6. The molecule has 0 saturated carbocycles. The highest BCUT2D eigenvalue weighted by Crippen LogP contribution is 2.43. The van der Waals surface area contributed by atoms with Gasteiger partial charge in [0.25, 0.3) is 0 Å². The van der Waals surface area contributed by atoms with Crippen LogP contribution in [-0.4, -0.2) is 49.9 Å². The van der Waals surface area contributed by atoms with Crippen molar-refractivity contribution in [1.29, 1.82) is 0 Å². The third-order valence-corrected chi connectivity index (χ3v) is 9.68. The molecule has 0 aliphatic heterocycles. The Morgan fingerprint density at radius 2 is 1.06 bits per heavy atom. The summed E-state index contributed by atoms with van der Waals surface area (Å²) in [6.45, 7) is 4.79. The first-order chi connectivity index (χ1) is 25.9. The van der Waals surface area contributed by atoms with Crippen molar-refractivity contribution in [2.45, 2.75) is 180 Å². The minimum atomic E-state index is -4.28. The molecule has 53 heavy (non-hydrogen) atoms. The minimum Gasteiger partial charge on any atom is -0.457 e. The van der Waals surface area contributed by atoms with Gasteiger partial charge in [0.2, 0.25) is 0 Å². The van der Waals surface area contributed by atoms with Crippen LogP contribution in [-0.2, 0) is 27.9 Å². The molecule has 0 spiro atoms. The number of unbranched alkanes of at least 4 members (excludes halogenated alkanes) is 17. The Labute approximate surface area is 325 Å². The van der Waals surface area contributed by atoms with Crippen LogP contribution < -0.4 is 5.73 Å². The fourth-order valence-corrected chi connectivity index (χ4v) is 6.38. The number of phosphoric ester groups is 1. The van der Waals surface area contributed by atoms with E-state index in [0.717, 1.165) is 70.6 Å². The molecule has 308 valence electrons. The van der Waals surface area contributed by atoms with Crippen molar-refractivity contribution in [3.63, 3.8) is 0 Å². The van der Waals surface area contributed by atoms with E-state index in [2.05, 4.69) is 74.6 Å². The van der Waals surface area contributed by atoms with Gasteiger partial charge in [-0.05, 0) is 57.8 Å². The van der Waals surface area contributed by atoms with Crippen molar-refractivity contribution in [2.24, 2.45) is 5.73 Å². The Balaban J connectivity index is 4.03. The highest BCUT2D eigenvalue weighted by Gasteiger charge is 2.25. The number of rotatable bonds is 40. The standard InChI is InChI=1S/C44H80NO7P/c1-3-5-7-9-11-13-15-16-17-18-19-20-21-22-23-24-25-26-27-29-31-33-35-37-44(46)52-43(42-51-53(47,48)50-40-38-45)41-49-39-36-34-32-30-28-14-12-10-8-6-4-2/h5,7,11,13,16-17,19-20,22-23,43H,3-4,6,8-10,12,14-15,18,21,24-42,45H2,1-2H3,(H,47,48)/b7-5-,13-11-,17-16-,20-19-,23-22-. The molecule has 0 aliphatic rings. The molecule has 0 fully saturated rings. The molecule has 0 saturated heterocycles. The summed E-state index contributed by atoms with van der Waals surface area (Å²) in [5, 5.41) is 0. The lowest BCUT2D eigenvalue weighted by Gasteiger charge is -2.20. The lowest BCUT2D eigenvalue weighted by Crippen LogP contribution is -2.28. The number of hydrogen-bond donors (Lipinski definition) is 2. The third-order valence-electron chi connectivity index (χ3n) is 8.70. The van der Waals surface area contributed by atoms with Crippen LogP contribution in [0, 0.1) is 0 Å². The van der Waals surface area contributed by atoms with Gasteiger partial charge < -0.3 is 20.1 Å². The summed E-state index contributed by atoms with van der Waals surface area (Å²) in [5.41, 5.74) is 5.36. The zero-order chi connectivity index (χ0) is 38.8. The lowest BCUT2D eigenvalue weighted by atomic mass is 10.1. The molecule has 0 radical (unpaired) electrons. The van der Waals surface area contributed by atoms with E-state index in [1.165, 1.54) is 83.5 Å². The molecule has 0 aliphatic carbocycles. The molecule has 0 rings (SSSR count). The minimum absolute atomic E-state index is 0.0967. The highest BCUT2D eigenvalue weighted by molar-refractivity contribution is 7.47. The molecule has 8 nitrogen and oxygen atoms in total. The van der Waals surface area contributed by atoms with Gasteiger partial charge in [0, 0.05) is 19.6 Å². The van der Waals surface area contributed by atoms with E-state index >= 15 is 0 Å². The van der Waals surface area contributed by atoms with Crippen molar-refractivity contribution >= 4 is 13.8 Å². The van der Waals surface area contributed by atoms with Gasteiger partial charge in [-0.15, -0.1) is 0 Å². The Kier molecular flexibility index (Phi) is 40.0. The van der Waals surface area contributed by atoms with Crippen molar-refractivity contribution in [1.82, 2.24) is 0 Å². The van der Waals surface area contributed by atoms with Crippen LogP contribution in [0.15, 0.2) is 60.8 Å². The van der Waals surface area contributed by atoms with Gasteiger partial charge in [0.15, 0.2) is 0 Å². The summed E-state index contributed by atoms with van der Waals surface area (Å²) in [6.07, 6.45) is 49.5. The van der Waals surface area contributed by atoms with Crippen molar-refractivity contribution in [2.75, 3.05) is 33.0 Å². The molecule has 3 N–H and O–H groups in total. The van der Waals surface area contributed by atoms with E-state index in [0.29, 0.717) is 13.0 Å². The lowest BCUT2D eigenvalue weighted by molar-refractivity contribution is -0.154. The predicted octanol–water partition coefficient (Wildman–Crippen LogP) is 12.6. The number of phosphoric acid groups is 1. The average Bonchev–Trinajstić information content (AvgIpc) is 3.15. The Hall–Kier alpha value is -1.80. The first-order valence-corrected chi connectivity index (χ1v) is 22.8. The molecule has 0 aromatic heterocycles. The zero-order valence-corrected chi connectivity index (χ0v) is 34.9. The number of allylic oxidation sites excluding steroid dienone is 10. The fourth-order valence-electron chi connectivity index (χ4n) is 5.61. The SMILES string of the molecule is CC/C=C\C/C=C\C/C=C\C/C=C\C/C=C\CCCCCCCCCC(=O)OC(COCCCCCCCCCCCCC)COP(=O)(O)OCCN. The Morgan fingerprint density at radius 1 is 0.585 bits per heavy atom. The van der Waals surface area contributed by atoms with E-state index in [1.807, 2.05) is 0 Å². The second-order valence-electron chi connectivity index (χ2n) is 13.8. The normalized spacial score (nSPS) is 14.1. The van der Waals surface area contributed by atoms with Crippen LogP contribution in [0.25, 0.3) is 0 Å². The Bertz CT molecular complexity index is 994. The van der Waals surface area contributed by atoms with Crippen LogP contribution in [0.1, 0.15) is 174 Å². The summed E-state index contributed by atoms with van der Waals surface area (Å²) in [4.78, 5) is 22.4. The largest absolute Gasteiger partial charge is 0.472 e. The number of carbonyl (C=O) groups excluding carboxylic acids is 1. The number of nitrogens with two attached hydrogens (primary N) is 1. The van der Waals surface area contributed by atoms with Gasteiger partial charge >= 0.3 is 13.8 Å². The van der Waals surface area contributed by atoms with Crippen LogP contribution in [0.5, 0.6) is 0 Å². The third kappa shape index (κ3) is 41.2. The monoisotopic (exact) mass is 766 g/mol. The first kappa shape index (κ1) is 51.2. The van der Waals surface area contributed by atoms with Crippen LogP contribution in [0.3, 0.4) is 0 Å². The molecule has 2 unspecified atom stereocenters. The van der Waals surface area contributed by atoms with E-state index in [9.17, 15) is 14.3 Å². The molecule has 9 heteroatoms. The van der Waals surface area contributed by atoms with E-state index < -0.39 is 13.9 Å². The van der Waals surface area contributed by atoms with Crippen molar-refractivity contribution < 1.29 is 32.8 Å². The summed E-state index contributed by atoms with van der Waals surface area (Å²) in [5.74, 6) is -0.343. The molecular weight excluding hydrogens is 685 g/mol. The van der Waals surface area contributed by atoms with Gasteiger partial charge in [-0.25, -0.2) is 4.57 Å². The summed E-state index contributed by atoms with van der Waals surface area (Å²) >= 11 is 0. The topological polar surface area (TPSA) is 117 Å². The number of carbonyl (C=O) groups is 1. The fraction of sp³-hybridized carbons (Fsp3) is 0.750. The summed E-state index contributed by atoms with van der Waals surface area (Å²) in [7, 11) is -4.28. The van der Waals surface area contributed by atoms with Gasteiger partial charge in [0.1, 0.15) is 6.10 Å². The highest BCUT2D eigenvalue weighted by atomic mass is 31.2. The van der Waals surface area contributed by atoms with Crippen LogP contribution >= 0.6 is 7.82 Å². The molecule has 0 heterocycles. The average molecular weight is 766 g/mol. The van der Waals surface area contributed by atoms with Crippen LogP contribution in [0.4, 0.5) is 0 Å². The summed E-state index contributed by atoms with van der Waals surface area (Å²) < 4.78 is 33.4. The zero-order valence-electron chi connectivity index (χ0n) is 34.0. The molecule has 2 atom stereocenters. The molecule has 0 aromatic rings. The van der Waals surface area contributed by atoms with Gasteiger partial charge in [-0.1, -0.05) is 171 Å². The number of esters is 1. The maximum Gasteiger partial charge on any atom is 0.472 e. The summed E-state index contributed by atoms with van der Waals surface area (Å²) in [6, 6.07) is 0. The predicted molar refractivity (Wildman–Crippen MR) is 224 cm³/mol. The van der Waals surface area contributed by atoms with Gasteiger partial charge in [-0.3, -0.25) is 13.8 Å². The smallest absolute Gasteiger partial charge is 0.457 e. The number of ether oxygens (including phenoxy) is 2. The molecule has 0 amide bonds. The van der Waals surface area contributed by atoms with Crippen molar-refractivity contribution in [3.05, 3.63) is 60.8 Å². The second kappa shape index (κ2) is 41.4. The Morgan fingerprint density at radius 3 is 1.58 bits per heavy atom. The maximum absolute atomic E-state index is 12.6. The van der Waals surface area contributed by atoms with Crippen LogP contribution in [0.2, 0.25) is 0 Å². The molecule has 0 aromatic carbocycles. The van der Waals surface area contributed by atoms with E-state index in [4.69, 9.17) is 24.3 Å². The van der Waals surface area contributed by atoms with Crippen molar-refractivity contribution in [3.8, 4) is 0 Å².